The summed E-state index contributed by atoms with van der Waals surface area (Å²) in [6.07, 6.45) is 1.46. The van der Waals surface area contributed by atoms with Crippen molar-refractivity contribution < 1.29 is 17.6 Å². The van der Waals surface area contributed by atoms with Gasteiger partial charge in [0, 0.05) is 23.1 Å². The third kappa shape index (κ3) is 6.29. The van der Waals surface area contributed by atoms with Crippen molar-refractivity contribution in [3.05, 3.63) is 82.1 Å². The van der Waals surface area contributed by atoms with E-state index in [1.807, 2.05) is 6.07 Å². The van der Waals surface area contributed by atoms with Gasteiger partial charge in [-0.3, -0.25) is 4.79 Å². The van der Waals surface area contributed by atoms with Gasteiger partial charge in [0.15, 0.2) is 9.84 Å². The Balaban J connectivity index is 2.12. The van der Waals surface area contributed by atoms with E-state index in [2.05, 4.69) is 22.5 Å². The van der Waals surface area contributed by atoms with E-state index in [1.165, 1.54) is 29.2 Å². The lowest BCUT2D eigenvalue weighted by molar-refractivity contribution is -0.128. The second-order valence-corrected chi connectivity index (χ2v) is 9.12. The van der Waals surface area contributed by atoms with Crippen LogP contribution in [0, 0.1) is 17.1 Å². The lowest BCUT2D eigenvalue weighted by atomic mass is 10.2. The van der Waals surface area contributed by atoms with E-state index < -0.39 is 27.3 Å². The molecule has 0 aromatic heterocycles. The number of carbonyl (C=O) groups excluding carboxylic acids is 1. The number of rotatable bonds is 8. The van der Waals surface area contributed by atoms with E-state index in [9.17, 15) is 17.6 Å². The predicted molar refractivity (Wildman–Crippen MR) is 108 cm³/mol. The maximum atomic E-state index is 14.0. The zero-order valence-electron chi connectivity index (χ0n) is 14.9. The first kappa shape index (κ1) is 21.8. The summed E-state index contributed by atoms with van der Waals surface area (Å²) in [5.41, 5.74) is 1.18. The first-order valence-corrected chi connectivity index (χ1v) is 10.9. The van der Waals surface area contributed by atoms with Crippen LogP contribution >= 0.6 is 15.9 Å². The molecule has 146 valence electrons. The minimum atomic E-state index is -3.74. The summed E-state index contributed by atoms with van der Waals surface area (Å²) in [6, 6.07) is 12.4. The van der Waals surface area contributed by atoms with Crippen molar-refractivity contribution in [3.63, 3.8) is 0 Å². The molecular weight excluding hydrogens is 447 g/mol. The number of carbonyl (C=O) groups is 1. The van der Waals surface area contributed by atoms with E-state index in [1.54, 1.807) is 24.3 Å². The Hall–Kier alpha value is -2.50. The van der Waals surface area contributed by atoms with Crippen LogP contribution in [-0.4, -0.2) is 31.5 Å². The number of benzene rings is 2. The highest BCUT2D eigenvalue weighted by Gasteiger charge is 2.23. The average Bonchev–Trinajstić information content (AvgIpc) is 2.64. The number of nitriles is 1. The molecule has 0 spiro atoms. The van der Waals surface area contributed by atoms with E-state index in [0.29, 0.717) is 15.6 Å². The van der Waals surface area contributed by atoms with Crippen molar-refractivity contribution in [1.29, 1.82) is 5.26 Å². The van der Waals surface area contributed by atoms with Gasteiger partial charge in [0.05, 0.1) is 17.4 Å². The van der Waals surface area contributed by atoms with E-state index in [0.717, 1.165) is 0 Å². The molecule has 28 heavy (non-hydrogen) atoms. The Morgan fingerprint density at radius 1 is 1.25 bits per heavy atom. The summed E-state index contributed by atoms with van der Waals surface area (Å²) in [7, 11) is -3.74. The fraction of sp³-hybridized carbons (Fsp3) is 0.200. The highest BCUT2D eigenvalue weighted by Crippen LogP contribution is 2.18. The molecule has 0 aliphatic heterocycles. The fourth-order valence-electron chi connectivity index (χ4n) is 2.54. The van der Waals surface area contributed by atoms with E-state index >= 15 is 0 Å². The fourth-order valence-corrected chi connectivity index (χ4v) is 4.31. The van der Waals surface area contributed by atoms with Gasteiger partial charge in [0.1, 0.15) is 11.6 Å². The molecule has 0 unspecified atom stereocenters. The van der Waals surface area contributed by atoms with Gasteiger partial charge in [0.2, 0.25) is 5.91 Å². The molecule has 2 aromatic carbocycles. The van der Waals surface area contributed by atoms with Crippen LogP contribution in [0.4, 0.5) is 4.39 Å². The topological polar surface area (TPSA) is 78.2 Å². The summed E-state index contributed by atoms with van der Waals surface area (Å²) in [5, 5.41) is 8.79. The molecule has 0 saturated heterocycles. The second kappa shape index (κ2) is 9.62. The van der Waals surface area contributed by atoms with Crippen molar-refractivity contribution in [2.24, 2.45) is 0 Å². The Labute approximate surface area is 172 Å². The lowest BCUT2D eigenvalue weighted by Gasteiger charge is -2.21. The van der Waals surface area contributed by atoms with Crippen LogP contribution in [0.25, 0.3) is 0 Å². The largest absolute Gasteiger partial charge is 0.334 e. The number of sulfone groups is 1. The Bertz CT molecular complexity index is 1010. The standard InChI is InChI=1S/C20H18BrFN2O3S/c1-2-9-24(12-17-10-18(21)7-8-19(17)22)20(25)14-28(26,27)13-16-5-3-15(11-23)4-6-16/h2-8,10H,1,9,12-14H2. The van der Waals surface area contributed by atoms with Crippen molar-refractivity contribution in [3.8, 4) is 6.07 Å². The SMILES string of the molecule is C=CCN(Cc1cc(Br)ccc1F)C(=O)CS(=O)(=O)Cc1ccc(C#N)cc1. The molecule has 0 heterocycles. The maximum Gasteiger partial charge on any atom is 0.238 e. The average molecular weight is 465 g/mol. The quantitative estimate of drug-likeness (QED) is 0.559. The summed E-state index contributed by atoms with van der Waals surface area (Å²) in [6.45, 7) is 3.60. The van der Waals surface area contributed by atoms with Gasteiger partial charge in [-0.05, 0) is 35.9 Å². The molecule has 0 fully saturated rings. The molecule has 1 amide bonds. The summed E-state index contributed by atoms with van der Waals surface area (Å²) >= 11 is 3.25. The first-order valence-electron chi connectivity index (χ1n) is 8.26. The van der Waals surface area contributed by atoms with Crippen molar-refractivity contribution in [1.82, 2.24) is 4.90 Å². The van der Waals surface area contributed by atoms with Crippen LogP contribution < -0.4 is 0 Å². The van der Waals surface area contributed by atoms with Gasteiger partial charge in [-0.15, -0.1) is 6.58 Å². The third-order valence-corrected chi connectivity index (χ3v) is 5.84. The first-order chi connectivity index (χ1) is 13.2. The number of halogens is 2. The summed E-state index contributed by atoms with van der Waals surface area (Å²) in [5.74, 6) is -2.13. The van der Waals surface area contributed by atoms with Crippen LogP contribution in [0.15, 0.2) is 59.6 Å². The molecule has 8 heteroatoms. The van der Waals surface area contributed by atoms with Gasteiger partial charge in [0.25, 0.3) is 0 Å². The Kier molecular flexibility index (Phi) is 7.49. The van der Waals surface area contributed by atoms with Crippen LogP contribution in [0.3, 0.4) is 0 Å². The van der Waals surface area contributed by atoms with Crippen LogP contribution in [0.5, 0.6) is 0 Å². The maximum absolute atomic E-state index is 14.0. The number of amides is 1. The molecule has 5 nitrogen and oxygen atoms in total. The molecule has 0 atom stereocenters. The van der Waals surface area contributed by atoms with Gasteiger partial charge in [-0.2, -0.15) is 5.26 Å². The monoisotopic (exact) mass is 464 g/mol. The molecule has 0 bridgehead atoms. The van der Waals surface area contributed by atoms with Gasteiger partial charge < -0.3 is 4.90 Å². The number of hydrogen-bond donors (Lipinski definition) is 0. The predicted octanol–water partition coefficient (Wildman–Crippen LogP) is 3.59. The molecule has 0 radical (unpaired) electrons. The van der Waals surface area contributed by atoms with Gasteiger partial charge in [-0.1, -0.05) is 34.1 Å². The van der Waals surface area contributed by atoms with Crippen LogP contribution in [0.1, 0.15) is 16.7 Å². The normalized spacial score (nSPS) is 10.9. The van der Waals surface area contributed by atoms with E-state index in [4.69, 9.17) is 5.26 Å². The Morgan fingerprint density at radius 3 is 2.54 bits per heavy atom. The molecular formula is C20H18BrFN2O3S. The minimum Gasteiger partial charge on any atom is -0.334 e. The Morgan fingerprint density at radius 2 is 1.93 bits per heavy atom. The highest BCUT2D eigenvalue weighted by molar-refractivity contribution is 9.10. The second-order valence-electron chi connectivity index (χ2n) is 6.14. The summed E-state index contributed by atoms with van der Waals surface area (Å²) in [4.78, 5) is 13.8. The zero-order valence-corrected chi connectivity index (χ0v) is 17.3. The zero-order chi connectivity index (χ0) is 20.7. The third-order valence-electron chi connectivity index (χ3n) is 3.88. The van der Waals surface area contributed by atoms with Gasteiger partial charge in [-0.25, -0.2) is 12.8 Å². The molecule has 0 aliphatic rings. The van der Waals surface area contributed by atoms with Crippen LogP contribution in [0.2, 0.25) is 0 Å². The van der Waals surface area contributed by atoms with Crippen molar-refractivity contribution in [2.45, 2.75) is 12.3 Å². The highest BCUT2D eigenvalue weighted by atomic mass is 79.9. The molecule has 0 N–H and O–H groups in total. The van der Waals surface area contributed by atoms with Crippen molar-refractivity contribution in [2.75, 3.05) is 12.3 Å². The van der Waals surface area contributed by atoms with Crippen molar-refractivity contribution >= 4 is 31.7 Å². The van der Waals surface area contributed by atoms with Gasteiger partial charge >= 0.3 is 0 Å². The smallest absolute Gasteiger partial charge is 0.238 e. The summed E-state index contributed by atoms with van der Waals surface area (Å²) < 4.78 is 39.5. The molecule has 2 aromatic rings. The minimum absolute atomic E-state index is 0.0670. The van der Waals surface area contributed by atoms with Crippen LogP contribution in [-0.2, 0) is 26.9 Å². The molecule has 0 saturated carbocycles. The number of nitrogens with zero attached hydrogens (tertiary/aromatic N) is 2. The lowest BCUT2D eigenvalue weighted by Crippen LogP contribution is -2.36. The van der Waals surface area contributed by atoms with E-state index in [-0.39, 0.29) is 24.4 Å². The molecule has 2 rings (SSSR count). The molecule has 0 aliphatic carbocycles. The number of hydrogen-bond acceptors (Lipinski definition) is 4.